The molecule has 14 heavy (non-hydrogen) atoms. The van der Waals surface area contributed by atoms with Gasteiger partial charge in [0.15, 0.2) is 9.96 Å². The predicted octanol–water partition coefficient (Wildman–Crippen LogP) is 3.07. The van der Waals surface area contributed by atoms with Crippen LogP contribution in [0, 0.1) is 0 Å². The van der Waals surface area contributed by atoms with Crippen LogP contribution in [-0.2, 0) is 9.05 Å². The molecule has 0 aliphatic rings. The summed E-state index contributed by atoms with van der Waals surface area (Å²) >= 11 is 11.1. The Hall–Kier alpha value is -0.0100. The topological polar surface area (TPSA) is 60.4 Å². The molecule has 0 saturated carbocycles. The number of ether oxygens (including phenoxy) is 1. The summed E-state index contributed by atoms with van der Waals surface area (Å²) in [4.78, 5) is 10.4. The first-order chi connectivity index (χ1) is 6.30. The van der Waals surface area contributed by atoms with Crippen LogP contribution in [0.5, 0.6) is 5.75 Å². The number of hydrogen-bond donors (Lipinski definition) is 0. The fourth-order valence-electron chi connectivity index (χ4n) is 0.658. The third-order valence-electron chi connectivity index (χ3n) is 1.05. The van der Waals surface area contributed by atoms with Crippen molar-refractivity contribution in [3.05, 3.63) is 10.4 Å². The average molecular weight is 296 g/mol. The molecular weight excluding hydrogens is 295 g/mol. The molecule has 1 rings (SSSR count). The van der Waals surface area contributed by atoms with Gasteiger partial charge in [-0.05, 0) is 0 Å². The second-order valence-electron chi connectivity index (χ2n) is 1.98. The van der Waals surface area contributed by atoms with Gasteiger partial charge in [0.2, 0.25) is 0 Å². The highest BCUT2D eigenvalue weighted by atomic mass is 35.7. The number of hydrogen-bond acceptors (Lipinski definition) is 5. The fraction of sp³-hybridized carbons (Fsp3) is 0. The molecular formula is C5HCl3O4S2. The van der Waals surface area contributed by atoms with E-state index in [0.717, 1.165) is 6.07 Å². The normalized spacial score (nSPS) is 11.4. The Labute approximate surface area is 97.8 Å². The van der Waals surface area contributed by atoms with Crippen molar-refractivity contribution in [1.29, 1.82) is 0 Å². The number of rotatable bonds is 2. The van der Waals surface area contributed by atoms with E-state index in [2.05, 4.69) is 4.74 Å². The number of carbonyl (C=O) groups excluding carboxylic acids is 1. The van der Waals surface area contributed by atoms with Crippen LogP contribution in [0.1, 0.15) is 0 Å². The molecule has 0 fully saturated rings. The van der Waals surface area contributed by atoms with Gasteiger partial charge in [-0.3, -0.25) is 0 Å². The molecule has 0 unspecified atom stereocenters. The zero-order chi connectivity index (χ0) is 10.9. The van der Waals surface area contributed by atoms with E-state index in [9.17, 15) is 13.2 Å². The van der Waals surface area contributed by atoms with Gasteiger partial charge in [0.25, 0.3) is 9.05 Å². The van der Waals surface area contributed by atoms with Gasteiger partial charge in [-0.1, -0.05) is 11.6 Å². The summed E-state index contributed by atoms with van der Waals surface area (Å²) in [5.74, 6) is -0.269. The van der Waals surface area contributed by atoms with Gasteiger partial charge in [-0.25, -0.2) is 13.2 Å². The first kappa shape index (κ1) is 12.1. The van der Waals surface area contributed by atoms with Gasteiger partial charge in [0.05, 0.1) is 4.34 Å². The van der Waals surface area contributed by atoms with Crippen molar-refractivity contribution >= 4 is 59.7 Å². The number of carbonyl (C=O) groups is 1. The maximum Gasteiger partial charge on any atom is 0.409 e. The van der Waals surface area contributed by atoms with Crippen molar-refractivity contribution in [1.82, 2.24) is 0 Å². The van der Waals surface area contributed by atoms with Crippen LogP contribution in [0.2, 0.25) is 4.34 Å². The second-order valence-corrected chi connectivity index (χ2v) is 6.73. The molecule has 0 bridgehead atoms. The lowest BCUT2D eigenvalue weighted by Crippen LogP contribution is -1.98. The first-order valence-electron chi connectivity index (χ1n) is 2.92. The fourth-order valence-corrected chi connectivity index (χ4v) is 3.27. The highest BCUT2D eigenvalue weighted by Gasteiger charge is 2.22. The van der Waals surface area contributed by atoms with Crippen molar-refractivity contribution in [2.75, 3.05) is 0 Å². The smallest absolute Gasteiger partial charge is 0.409 e. The summed E-state index contributed by atoms with van der Waals surface area (Å²) in [6.45, 7) is 0. The minimum absolute atomic E-state index is 0.122. The van der Waals surface area contributed by atoms with E-state index in [0.29, 0.717) is 11.3 Å². The van der Waals surface area contributed by atoms with E-state index < -0.39 is 14.5 Å². The molecule has 0 aromatic carbocycles. The molecule has 1 heterocycles. The summed E-state index contributed by atoms with van der Waals surface area (Å²) in [5.41, 5.74) is -1.17. The molecule has 1 aromatic rings. The summed E-state index contributed by atoms with van der Waals surface area (Å²) in [7, 11) is 1.06. The van der Waals surface area contributed by atoms with Crippen LogP contribution in [0.15, 0.2) is 10.3 Å². The van der Waals surface area contributed by atoms with Crippen LogP contribution in [0.4, 0.5) is 4.79 Å². The Bertz CT molecular complexity index is 463. The van der Waals surface area contributed by atoms with Crippen LogP contribution in [-0.4, -0.2) is 13.8 Å². The van der Waals surface area contributed by atoms with Crippen molar-refractivity contribution in [2.45, 2.75) is 4.21 Å². The highest BCUT2D eigenvalue weighted by molar-refractivity contribution is 8.15. The van der Waals surface area contributed by atoms with Crippen molar-refractivity contribution in [2.24, 2.45) is 0 Å². The minimum atomic E-state index is -3.99. The maximum atomic E-state index is 10.9. The second kappa shape index (κ2) is 4.24. The lowest BCUT2D eigenvalue weighted by molar-refractivity contribution is 0.225. The number of halogens is 3. The van der Waals surface area contributed by atoms with Crippen molar-refractivity contribution in [3.8, 4) is 5.75 Å². The lowest BCUT2D eigenvalue weighted by atomic mass is 10.6. The summed E-state index contributed by atoms with van der Waals surface area (Å²) in [6.07, 6.45) is 0. The summed E-state index contributed by atoms with van der Waals surface area (Å²) in [5, 5.41) is 0. The molecule has 0 radical (unpaired) electrons. The van der Waals surface area contributed by atoms with E-state index in [4.69, 9.17) is 33.9 Å². The number of thiophene rings is 1. The van der Waals surface area contributed by atoms with Crippen LogP contribution in [0.3, 0.4) is 0 Å². The van der Waals surface area contributed by atoms with Crippen LogP contribution < -0.4 is 4.74 Å². The van der Waals surface area contributed by atoms with E-state index in [-0.39, 0.29) is 14.3 Å². The van der Waals surface area contributed by atoms with Gasteiger partial charge >= 0.3 is 5.43 Å². The standard InChI is InChI=1S/C5HCl3O4S2/c6-3-1-2(12-5(7)9)4(13-3)14(8,10)11/h1H. The molecule has 0 aliphatic carbocycles. The Kier molecular flexibility index (Phi) is 3.65. The maximum absolute atomic E-state index is 10.9. The third-order valence-corrected chi connectivity index (χ3v) is 4.45. The van der Waals surface area contributed by atoms with Crippen LogP contribution in [0.25, 0.3) is 0 Å². The van der Waals surface area contributed by atoms with Gasteiger partial charge < -0.3 is 4.74 Å². The molecule has 0 aliphatic heterocycles. The monoisotopic (exact) mass is 294 g/mol. The van der Waals surface area contributed by atoms with E-state index in [1.165, 1.54) is 0 Å². The van der Waals surface area contributed by atoms with Crippen LogP contribution >= 0.6 is 45.2 Å². The molecule has 0 atom stereocenters. The third kappa shape index (κ3) is 2.99. The van der Waals surface area contributed by atoms with Gasteiger partial charge in [-0.15, -0.1) is 11.3 Å². The highest BCUT2D eigenvalue weighted by Crippen LogP contribution is 2.38. The Balaban J connectivity index is 3.23. The zero-order valence-electron chi connectivity index (χ0n) is 6.16. The SMILES string of the molecule is O=C(Cl)Oc1cc(Cl)sc1S(=O)(=O)Cl. The first-order valence-corrected chi connectivity index (χ1v) is 6.80. The molecule has 0 amide bonds. The molecule has 9 heteroatoms. The average Bonchev–Trinajstić information content (AvgIpc) is 2.28. The van der Waals surface area contributed by atoms with E-state index in [1.54, 1.807) is 0 Å². The van der Waals surface area contributed by atoms with Gasteiger partial charge in [-0.2, -0.15) is 0 Å². The summed E-state index contributed by atoms with van der Waals surface area (Å²) < 4.78 is 26.0. The van der Waals surface area contributed by atoms with Gasteiger partial charge in [0.1, 0.15) is 0 Å². The van der Waals surface area contributed by atoms with Gasteiger partial charge in [0, 0.05) is 28.3 Å². The largest absolute Gasteiger partial charge is 0.412 e. The van der Waals surface area contributed by atoms with Crippen molar-refractivity contribution < 1.29 is 17.9 Å². The molecule has 0 saturated heterocycles. The minimum Gasteiger partial charge on any atom is -0.412 e. The quantitative estimate of drug-likeness (QED) is 0.787. The Morgan fingerprint density at radius 2 is 2.07 bits per heavy atom. The molecule has 78 valence electrons. The van der Waals surface area contributed by atoms with E-state index in [1.807, 2.05) is 0 Å². The zero-order valence-corrected chi connectivity index (χ0v) is 10.1. The molecule has 0 N–H and O–H groups in total. The Morgan fingerprint density at radius 1 is 1.50 bits per heavy atom. The Morgan fingerprint density at radius 3 is 2.50 bits per heavy atom. The predicted molar refractivity (Wildman–Crippen MR) is 54.2 cm³/mol. The molecule has 1 aromatic heterocycles. The van der Waals surface area contributed by atoms with Crippen molar-refractivity contribution in [3.63, 3.8) is 0 Å². The molecule has 0 spiro atoms. The molecule has 4 nitrogen and oxygen atoms in total. The lowest BCUT2D eigenvalue weighted by Gasteiger charge is -1.97. The summed E-state index contributed by atoms with van der Waals surface area (Å²) in [6, 6.07) is 1.14. The van der Waals surface area contributed by atoms with E-state index >= 15 is 0 Å².